The summed E-state index contributed by atoms with van der Waals surface area (Å²) in [5.41, 5.74) is 5.81. The number of nitrogens with one attached hydrogen (secondary N) is 1. The third kappa shape index (κ3) is 4.91. The van der Waals surface area contributed by atoms with Gasteiger partial charge in [-0.25, -0.2) is 0 Å². The molecule has 1 aliphatic rings. The molecule has 1 aliphatic carbocycles. The van der Waals surface area contributed by atoms with Crippen LogP contribution in [0.1, 0.15) is 19.3 Å². The van der Waals surface area contributed by atoms with Gasteiger partial charge >= 0.3 is 0 Å². The predicted octanol–water partition coefficient (Wildman–Crippen LogP) is 0.119. The number of hydrogen-bond acceptors (Lipinski definition) is 4. The van der Waals surface area contributed by atoms with Crippen LogP contribution in [-0.4, -0.2) is 45.6 Å². The Balaban J connectivity index is 1.84. The average Bonchev–Trinajstić information content (AvgIpc) is 2.58. The van der Waals surface area contributed by atoms with E-state index in [1.807, 2.05) is 0 Å². The van der Waals surface area contributed by atoms with Crippen LogP contribution >= 0.6 is 0 Å². The van der Waals surface area contributed by atoms with Crippen molar-refractivity contribution in [3.05, 3.63) is 0 Å². The highest BCUT2D eigenvalue weighted by molar-refractivity contribution is 4.82. The van der Waals surface area contributed by atoms with Gasteiger partial charge < -0.3 is 20.5 Å². The summed E-state index contributed by atoms with van der Waals surface area (Å²) in [5, 5.41) is 3.44. The summed E-state index contributed by atoms with van der Waals surface area (Å²) in [6.45, 7) is 3.03. The summed E-state index contributed by atoms with van der Waals surface area (Å²) in [6, 6.07) is 1.01. The molecule has 0 saturated heterocycles. The van der Waals surface area contributed by atoms with E-state index >= 15 is 0 Å². The van der Waals surface area contributed by atoms with E-state index in [0.29, 0.717) is 25.3 Å². The molecule has 3 N–H and O–H groups in total. The van der Waals surface area contributed by atoms with Crippen molar-refractivity contribution in [3.8, 4) is 0 Å². The zero-order valence-corrected chi connectivity index (χ0v) is 9.00. The van der Waals surface area contributed by atoms with Crippen LogP contribution in [0.4, 0.5) is 0 Å². The van der Waals surface area contributed by atoms with Gasteiger partial charge in [-0.1, -0.05) is 0 Å². The molecule has 2 unspecified atom stereocenters. The van der Waals surface area contributed by atoms with Crippen molar-refractivity contribution in [1.82, 2.24) is 5.32 Å². The summed E-state index contributed by atoms with van der Waals surface area (Å²) in [6.07, 6.45) is 3.47. The van der Waals surface area contributed by atoms with Gasteiger partial charge in [0, 0.05) is 25.7 Å². The Morgan fingerprint density at radius 2 is 2.14 bits per heavy atom. The lowest BCUT2D eigenvalue weighted by atomic mass is 10.2. The quantitative estimate of drug-likeness (QED) is 0.576. The summed E-state index contributed by atoms with van der Waals surface area (Å²) < 4.78 is 10.2. The van der Waals surface area contributed by atoms with E-state index in [1.54, 1.807) is 7.11 Å². The molecular formula is C10H22N2O2. The van der Waals surface area contributed by atoms with Gasteiger partial charge in [0.15, 0.2) is 0 Å². The van der Waals surface area contributed by atoms with Crippen molar-refractivity contribution in [3.63, 3.8) is 0 Å². The van der Waals surface area contributed by atoms with Gasteiger partial charge in [0.05, 0.1) is 19.8 Å². The smallest absolute Gasteiger partial charge is 0.0700 e. The molecule has 0 aromatic heterocycles. The summed E-state index contributed by atoms with van der Waals surface area (Å²) in [4.78, 5) is 0. The van der Waals surface area contributed by atoms with Gasteiger partial charge in [-0.3, -0.25) is 0 Å². The molecule has 1 fully saturated rings. The van der Waals surface area contributed by atoms with E-state index < -0.39 is 0 Å². The minimum Gasteiger partial charge on any atom is -0.382 e. The number of nitrogens with two attached hydrogens (primary N) is 1. The Hall–Kier alpha value is -0.160. The van der Waals surface area contributed by atoms with Crippen LogP contribution in [0.2, 0.25) is 0 Å². The fraction of sp³-hybridized carbons (Fsp3) is 1.00. The molecule has 0 spiro atoms. The minimum atomic E-state index is 0.405. The number of ether oxygens (including phenoxy) is 2. The Morgan fingerprint density at radius 3 is 2.79 bits per heavy atom. The van der Waals surface area contributed by atoms with Crippen molar-refractivity contribution >= 4 is 0 Å². The first-order valence-electron chi connectivity index (χ1n) is 5.38. The summed E-state index contributed by atoms with van der Waals surface area (Å²) in [7, 11) is 1.68. The molecule has 0 aromatic rings. The van der Waals surface area contributed by atoms with Gasteiger partial charge in [-0.15, -0.1) is 0 Å². The molecule has 14 heavy (non-hydrogen) atoms. The first-order valence-corrected chi connectivity index (χ1v) is 5.38. The Kier molecular flexibility index (Phi) is 6.10. The maximum atomic E-state index is 5.81. The Labute approximate surface area is 86.1 Å². The maximum Gasteiger partial charge on any atom is 0.0700 e. The number of hydrogen-bond donors (Lipinski definition) is 2. The molecule has 4 nitrogen and oxygen atoms in total. The predicted molar refractivity (Wildman–Crippen MR) is 56.3 cm³/mol. The first-order chi connectivity index (χ1) is 6.83. The third-order valence-electron chi connectivity index (χ3n) is 2.58. The topological polar surface area (TPSA) is 56.5 Å². The number of methoxy groups -OCH3 is 1. The van der Waals surface area contributed by atoms with Crippen LogP contribution in [-0.2, 0) is 9.47 Å². The van der Waals surface area contributed by atoms with Gasteiger partial charge in [0.25, 0.3) is 0 Å². The minimum absolute atomic E-state index is 0.405. The Morgan fingerprint density at radius 1 is 1.29 bits per heavy atom. The van der Waals surface area contributed by atoms with Crippen molar-refractivity contribution in [1.29, 1.82) is 0 Å². The maximum absolute atomic E-state index is 5.81. The molecule has 1 rings (SSSR count). The molecular weight excluding hydrogens is 180 g/mol. The molecule has 4 heteroatoms. The van der Waals surface area contributed by atoms with Gasteiger partial charge in [-0.2, -0.15) is 0 Å². The molecule has 0 bridgehead atoms. The normalized spacial score (nSPS) is 27.0. The van der Waals surface area contributed by atoms with Crippen molar-refractivity contribution in [2.75, 3.05) is 33.5 Å². The van der Waals surface area contributed by atoms with Gasteiger partial charge in [0.2, 0.25) is 0 Å². The molecule has 84 valence electrons. The molecule has 0 radical (unpaired) electrons. The lowest BCUT2D eigenvalue weighted by Gasteiger charge is -2.12. The van der Waals surface area contributed by atoms with Gasteiger partial charge in [0.1, 0.15) is 0 Å². The standard InChI is InChI=1S/C10H22N2O2/c1-13-6-7-14-5-4-12-10-3-2-9(11)8-10/h9-10,12H,2-8,11H2,1H3. The second kappa shape index (κ2) is 7.17. The zero-order valence-electron chi connectivity index (χ0n) is 9.00. The van der Waals surface area contributed by atoms with Crippen molar-refractivity contribution in [2.45, 2.75) is 31.3 Å². The van der Waals surface area contributed by atoms with Crippen LogP contribution in [0.3, 0.4) is 0 Å². The summed E-state index contributed by atoms with van der Waals surface area (Å²) >= 11 is 0. The number of rotatable bonds is 7. The van der Waals surface area contributed by atoms with E-state index in [2.05, 4.69) is 5.32 Å². The molecule has 0 aliphatic heterocycles. The summed E-state index contributed by atoms with van der Waals surface area (Å²) in [5.74, 6) is 0. The van der Waals surface area contributed by atoms with Crippen LogP contribution < -0.4 is 11.1 Å². The first kappa shape index (κ1) is 11.9. The van der Waals surface area contributed by atoms with E-state index in [0.717, 1.165) is 26.0 Å². The second-order valence-corrected chi connectivity index (χ2v) is 3.83. The fourth-order valence-electron chi connectivity index (χ4n) is 1.78. The van der Waals surface area contributed by atoms with Crippen molar-refractivity contribution in [2.24, 2.45) is 5.73 Å². The molecule has 1 saturated carbocycles. The SMILES string of the molecule is COCCOCCNC1CCC(N)C1. The third-order valence-corrected chi connectivity index (χ3v) is 2.58. The van der Waals surface area contributed by atoms with Crippen LogP contribution in [0.25, 0.3) is 0 Å². The Bertz CT molecular complexity index is 144. The molecule has 2 atom stereocenters. The van der Waals surface area contributed by atoms with Crippen LogP contribution in [0.5, 0.6) is 0 Å². The highest BCUT2D eigenvalue weighted by Crippen LogP contribution is 2.16. The molecule has 0 heterocycles. The van der Waals surface area contributed by atoms with Crippen molar-refractivity contribution < 1.29 is 9.47 Å². The molecule has 0 amide bonds. The van der Waals surface area contributed by atoms with E-state index in [-0.39, 0.29) is 0 Å². The van der Waals surface area contributed by atoms with Crippen LogP contribution in [0.15, 0.2) is 0 Å². The highest BCUT2D eigenvalue weighted by Gasteiger charge is 2.20. The van der Waals surface area contributed by atoms with E-state index in [1.165, 1.54) is 6.42 Å². The van der Waals surface area contributed by atoms with Gasteiger partial charge in [-0.05, 0) is 19.3 Å². The monoisotopic (exact) mass is 202 g/mol. The largest absolute Gasteiger partial charge is 0.382 e. The fourth-order valence-corrected chi connectivity index (χ4v) is 1.78. The second-order valence-electron chi connectivity index (χ2n) is 3.83. The average molecular weight is 202 g/mol. The van der Waals surface area contributed by atoms with E-state index in [4.69, 9.17) is 15.2 Å². The zero-order chi connectivity index (χ0) is 10.2. The molecule has 0 aromatic carbocycles. The highest BCUT2D eigenvalue weighted by atomic mass is 16.5. The van der Waals surface area contributed by atoms with Crippen LogP contribution in [0, 0.1) is 0 Å². The lowest BCUT2D eigenvalue weighted by Crippen LogP contribution is -2.31. The lowest BCUT2D eigenvalue weighted by molar-refractivity contribution is 0.0711. The van der Waals surface area contributed by atoms with E-state index in [9.17, 15) is 0 Å².